The average molecular weight is 348 g/mol. The first-order chi connectivity index (χ1) is 11.3. The lowest BCUT2D eigenvalue weighted by Crippen LogP contribution is -2.32. The quantitative estimate of drug-likeness (QED) is 0.467. The van der Waals surface area contributed by atoms with Gasteiger partial charge in [-0.25, -0.2) is 4.79 Å². The van der Waals surface area contributed by atoms with Crippen molar-refractivity contribution >= 4 is 29.5 Å². The lowest BCUT2D eigenvalue weighted by atomic mass is 9.92. The van der Waals surface area contributed by atoms with E-state index >= 15 is 0 Å². The van der Waals surface area contributed by atoms with Crippen LogP contribution in [-0.2, 0) is 10.5 Å². The molecule has 3 amide bonds. The van der Waals surface area contributed by atoms with Gasteiger partial charge in [0.1, 0.15) is 0 Å². The maximum Gasteiger partial charge on any atom is 0.324 e. The van der Waals surface area contributed by atoms with Crippen LogP contribution in [0, 0.1) is 20.8 Å². The normalized spacial score (nSPS) is 14.2. The highest BCUT2D eigenvalue weighted by Gasteiger charge is 2.27. The number of ketones is 1. The van der Waals surface area contributed by atoms with Crippen molar-refractivity contribution in [1.82, 2.24) is 10.2 Å². The molecule has 130 valence electrons. The van der Waals surface area contributed by atoms with Gasteiger partial charge >= 0.3 is 6.03 Å². The van der Waals surface area contributed by atoms with E-state index in [2.05, 4.69) is 18.3 Å². The Labute approximate surface area is 147 Å². The molecule has 1 saturated heterocycles. The number of benzene rings is 1. The highest BCUT2D eigenvalue weighted by atomic mass is 32.2. The number of hydrogen-bond acceptors (Lipinski definition) is 4. The van der Waals surface area contributed by atoms with Gasteiger partial charge in [-0.15, -0.1) is 0 Å². The standard InChI is InChI=1S/C18H24N2O3S/c1-11-8-12(2)17(14(4)21)13(3)15(11)10-24-7-5-6-20-16(22)9-19-18(20)23/h8H,5-7,9-10H2,1-4H3,(H,19,23). The number of urea groups is 1. The van der Waals surface area contributed by atoms with E-state index in [9.17, 15) is 14.4 Å². The molecule has 1 N–H and O–H groups in total. The van der Waals surface area contributed by atoms with Crippen LogP contribution in [-0.4, -0.2) is 41.5 Å². The van der Waals surface area contributed by atoms with E-state index in [1.165, 1.54) is 16.0 Å². The molecular formula is C18H24N2O3S. The predicted octanol–water partition coefficient (Wildman–Crippen LogP) is 2.99. The summed E-state index contributed by atoms with van der Waals surface area (Å²) < 4.78 is 0. The molecule has 5 nitrogen and oxygen atoms in total. The van der Waals surface area contributed by atoms with Crippen molar-refractivity contribution in [2.24, 2.45) is 0 Å². The van der Waals surface area contributed by atoms with Crippen LogP contribution in [0.15, 0.2) is 6.07 Å². The van der Waals surface area contributed by atoms with Gasteiger partial charge in [-0.2, -0.15) is 11.8 Å². The first-order valence-corrected chi connectivity index (χ1v) is 9.25. The summed E-state index contributed by atoms with van der Waals surface area (Å²) in [5, 5.41) is 2.52. The van der Waals surface area contributed by atoms with Gasteiger partial charge in [-0.05, 0) is 62.1 Å². The molecule has 1 aliphatic heterocycles. The van der Waals surface area contributed by atoms with E-state index in [4.69, 9.17) is 0 Å². The molecule has 0 saturated carbocycles. The van der Waals surface area contributed by atoms with Crippen molar-refractivity contribution in [3.63, 3.8) is 0 Å². The van der Waals surface area contributed by atoms with Gasteiger partial charge in [-0.3, -0.25) is 14.5 Å². The largest absolute Gasteiger partial charge is 0.329 e. The van der Waals surface area contributed by atoms with Crippen molar-refractivity contribution in [3.8, 4) is 0 Å². The zero-order valence-corrected chi connectivity index (χ0v) is 15.5. The van der Waals surface area contributed by atoms with E-state index in [0.717, 1.165) is 34.6 Å². The van der Waals surface area contributed by atoms with Gasteiger partial charge in [0.2, 0.25) is 5.91 Å². The number of carbonyl (C=O) groups excluding carboxylic acids is 3. The van der Waals surface area contributed by atoms with Crippen molar-refractivity contribution in [3.05, 3.63) is 33.9 Å². The maximum absolute atomic E-state index is 11.9. The van der Waals surface area contributed by atoms with Gasteiger partial charge < -0.3 is 5.32 Å². The maximum atomic E-state index is 11.9. The molecule has 0 spiro atoms. The number of nitrogens with one attached hydrogen (secondary N) is 1. The summed E-state index contributed by atoms with van der Waals surface area (Å²) in [6.07, 6.45) is 0.771. The number of rotatable bonds is 7. The molecular weight excluding hydrogens is 324 g/mol. The third-order valence-electron chi connectivity index (χ3n) is 4.34. The van der Waals surface area contributed by atoms with Crippen LogP contribution in [0.1, 0.15) is 46.0 Å². The van der Waals surface area contributed by atoms with Crippen LogP contribution in [0.25, 0.3) is 0 Å². The Kier molecular flexibility index (Phi) is 6.04. The van der Waals surface area contributed by atoms with Crippen molar-refractivity contribution < 1.29 is 14.4 Å². The third kappa shape index (κ3) is 3.98. The minimum atomic E-state index is -0.290. The van der Waals surface area contributed by atoms with E-state index in [-0.39, 0.29) is 24.3 Å². The number of carbonyl (C=O) groups is 3. The SMILES string of the molecule is CC(=O)c1c(C)cc(C)c(CSCCCN2C(=O)CNC2=O)c1C. The summed E-state index contributed by atoms with van der Waals surface area (Å²) in [5.74, 6) is 1.65. The Bertz CT molecular complexity index is 669. The summed E-state index contributed by atoms with van der Waals surface area (Å²) in [6.45, 7) is 8.25. The zero-order chi connectivity index (χ0) is 17.9. The van der Waals surface area contributed by atoms with Gasteiger partial charge in [0.15, 0.2) is 5.78 Å². The number of hydrogen-bond donors (Lipinski definition) is 1. The Morgan fingerprint density at radius 3 is 2.54 bits per heavy atom. The summed E-state index contributed by atoms with van der Waals surface area (Å²) in [4.78, 5) is 36.1. The van der Waals surface area contributed by atoms with Gasteiger partial charge in [0.25, 0.3) is 0 Å². The molecule has 1 heterocycles. The second-order valence-corrected chi connectivity index (χ2v) is 7.26. The van der Waals surface area contributed by atoms with E-state index < -0.39 is 0 Å². The smallest absolute Gasteiger partial charge is 0.324 e. The molecule has 0 bridgehead atoms. The monoisotopic (exact) mass is 348 g/mol. The van der Waals surface area contributed by atoms with Crippen LogP contribution in [0.3, 0.4) is 0 Å². The number of Topliss-reactive ketones (excluding diaryl/α,β-unsaturated/α-hetero) is 1. The fourth-order valence-corrected chi connectivity index (χ4v) is 4.30. The first-order valence-electron chi connectivity index (χ1n) is 8.09. The van der Waals surface area contributed by atoms with Crippen molar-refractivity contribution in [1.29, 1.82) is 0 Å². The summed E-state index contributed by atoms with van der Waals surface area (Å²) >= 11 is 1.77. The molecule has 0 atom stereocenters. The number of aryl methyl sites for hydroxylation is 2. The lowest BCUT2D eigenvalue weighted by Gasteiger charge is -2.16. The van der Waals surface area contributed by atoms with E-state index in [0.29, 0.717) is 6.54 Å². The van der Waals surface area contributed by atoms with E-state index in [1.54, 1.807) is 18.7 Å². The fourth-order valence-electron chi connectivity index (χ4n) is 3.17. The number of amides is 3. The molecule has 0 aliphatic carbocycles. The third-order valence-corrected chi connectivity index (χ3v) is 5.41. The molecule has 1 aliphatic rings. The topological polar surface area (TPSA) is 66.5 Å². The Morgan fingerprint density at radius 1 is 1.25 bits per heavy atom. The summed E-state index contributed by atoms with van der Waals surface area (Å²) in [7, 11) is 0. The Morgan fingerprint density at radius 2 is 1.96 bits per heavy atom. The van der Waals surface area contributed by atoms with Crippen LogP contribution in [0.4, 0.5) is 4.79 Å². The second kappa shape index (κ2) is 7.83. The molecule has 0 radical (unpaired) electrons. The van der Waals surface area contributed by atoms with Gasteiger partial charge in [0, 0.05) is 17.9 Å². The zero-order valence-electron chi connectivity index (χ0n) is 14.7. The second-order valence-electron chi connectivity index (χ2n) is 6.16. The number of nitrogens with zero attached hydrogens (tertiary/aromatic N) is 1. The number of thioether (sulfide) groups is 1. The predicted molar refractivity (Wildman–Crippen MR) is 96.5 cm³/mol. The van der Waals surface area contributed by atoms with Gasteiger partial charge in [-0.1, -0.05) is 6.07 Å². The number of imide groups is 1. The van der Waals surface area contributed by atoms with Crippen LogP contribution >= 0.6 is 11.8 Å². The first kappa shape index (κ1) is 18.5. The lowest BCUT2D eigenvalue weighted by molar-refractivity contribution is -0.124. The van der Waals surface area contributed by atoms with Crippen LogP contribution in [0.2, 0.25) is 0 Å². The minimum Gasteiger partial charge on any atom is -0.329 e. The molecule has 1 aromatic carbocycles. The molecule has 6 heteroatoms. The summed E-state index contributed by atoms with van der Waals surface area (Å²) in [6, 6.07) is 1.79. The molecule has 1 fully saturated rings. The fraction of sp³-hybridized carbons (Fsp3) is 0.500. The van der Waals surface area contributed by atoms with Crippen molar-refractivity contribution in [2.75, 3.05) is 18.8 Å². The Balaban J connectivity index is 1.91. The highest BCUT2D eigenvalue weighted by Crippen LogP contribution is 2.26. The van der Waals surface area contributed by atoms with E-state index in [1.807, 2.05) is 13.8 Å². The molecule has 0 unspecified atom stereocenters. The van der Waals surface area contributed by atoms with Crippen LogP contribution in [0.5, 0.6) is 0 Å². The van der Waals surface area contributed by atoms with Crippen LogP contribution < -0.4 is 5.32 Å². The molecule has 1 aromatic rings. The van der Waals surface area contributed by atoms with Gasteiger partial charge in [0.05, 0.1) is 6.54 Å². The molecule has 24 heavy (non-hydrogen) atoms. The Hall–Kier alpha value is -1.82. The molecule has 2 rings (SSSR count). The molecule has 0 aromatic heterocycles. The minimum absolute atomic E-state index is 0.106. The summed E-state index contributed by atoms with van der Waals surface area (Å²) in [5.41, 5.74) is 5.35. The van der Waals surface area contributed by atoms with Crippen molar-refractivity contribution in [2.45, 2.75) is 39.9 Å². The average Bonchev–Trinajstić information content (AvgIpc) is 2.80. The highest BCUT2D eigenvalue weighted by molar-refractivity contribution is 7.98.